The molecule has 3 N–H and O–H groups in total. The van der Waals surface area contributed by atoms with Crippen LogP contribution in [0.2, 0.25) is 0 Å². The summed E-state index contributed by atoms with van der Waals surface area (Å²) in [6.45, 7) is 3.72. The molecule has 0 atom stereocenters. The molecular weight excluding hydrogens is 231 g/mol. The van der Waals surface area contributed by atoms with Gasteiger partial charge in [0.25, 0.3) is 0 Å². The van der Waals surface area contributed by atoms with Crippen molar-refractivity contribution in [1.29, 1.82) is 0 Å². The number of carbonyl (C=O) groups excluding carboxylic acids is 2. The van der Waals surface area contributed by atoms with Crippen LogP contribution in [0.3, 0.4) is 0 Å². The van der Waals surface area contributed by atoms with Crippen LogP contribution in [0, 0.1) is 0 Å². The molecule has 0 unspecified atom stereocenters. The molecule has 0 aliphatic carbocycles. The molecule has 0 bridgehead atoms. The molecule has 0 aromatic rings. The summed E-state index contributed by atoms with van der Waals surface area (Å²) in [7, 11) is 0. The summed E-state index contributed by atoms with van der Waals surface area (Å²) >= 11 is 3.26. The fraction of sp³-hybridized carbons (Fsp3) is 0.714. The van der Waals surface area contributed by atoms with Gasteiger partial charge in [-0.15, -0.1) is 0 Å². The van der Waals surface area contributed by atoms with Crippen LogP contribution >= 0.6 is 15.9 Å². The van der Waals surface area contributed by atoms with Gasteiger partial charge < -0.3 is 7.16 Å². The van der Waals surface area contributed by atoms with Gasteiger partial charge in [-0.1, -0.05) is 29.8 Å². The SMILES string of the molecule is CCC(Br)(CC)C(=O)NC(N)=O.[H-].[Li+]. The van der Waals surface area contributed by atoms with Crippen molar-refractivity contribution >= 4 is 27.9 Å². The molecule has 13 heavy (non-hydrogen) atoms. The first kappa shape index (κ1) is 15.5. The molecule has 0 aliphatic heterocycles. The molecular formula is C7H14BrLiN2O2. The molecule has 0 heterocycles. The first-order chi connectivity index (χ1) is 5.46. The van der Waals surface area contributed by atoms with Crippen molar-refractivity contribution in [3.05, 3.63) is 0 Å². The number of hydrogen-bond acceptors (Lipinski definition) is 2. The van der Waals surface area contributed by atoms with Crippen molar-refractivity contribution in [2.45, 2.75) is 31.0 Å². The van der Waals surface area contributed by atoms with Crippen LogP contribution in [0.25, 0.3) is 0 Å². The number of halogens is 1. The number of alkyl halides is 1. The molecule has 0 aromatic heterocycles. The fourth-order valence-corrected chi connectivity index (χ4v) is 0.894. The maximum absolute atomic E-state index is 11.3. The van der Waals surface area contributed by atoms with Gasteiger partial charge in [-0.3, -0.25) is 10.1 Å². The molecule has 0 saturated heterocycles. The van der Waals surface area contributed by atoms with Gasteiger partial charge in [0.2, 0.25) is 5.91 Å². The molecule has 4 nitrogen and oxygen atoms in total. The van der Waals surface area contributed by atoms with Crippen molar-refractivity contribution in [3.8, 4) is 0 Å². The van der Waals surface area contributed by atoms with Gasteiger partial charge in [0.1, 0.15) is 4.32 Å². The van der Waals surface area contributed by atoms with Gasteiger partial charge in [-0.2, -0.15) is 0 Å². The van der Waals surface area contributed by atoms with Gasteiger partial charge in [0.15, 0.2) is 0 Å². The van der Waals surface area contributed by atoms with Crippen molar-refractivity contribution in [1.82, 2.24) is 5.32 Å². The summed E-state index contributed by atoms with van der Waals surface area (Å²) < 4.78 is -0.665. The summed E-state index contributed by atoms with van der Waals surface area (Å²) in [5.74, 6) is -0.375. The van der Waals surface area contributed by atoms with E-state index >= 15 is 0 Å². The number of imide groups is 1. The fourth-order valence-electron chi connectivity index (χ4n) is 0.795. The number of carbonyl (C=O) groups is 2. The zero-order chi connectivity index (χ0) is 9.78. The monoisotopic (exact) mass is 244 g/mol. The number of rotatable bonds is 3. The van der Waals surface area contributed by atoms with Crippen molar-refractivity contribution in [2.24, 2.45) is 5.73 Å². The van der Waals surface area contributed by atoms with E-state index in [4.69, 9.17) is 5.73 Å². The number of hydrogen-bond donors (Lipinski definition) is 2. The first-order valence-corrected chi connectivity index (χ1v) is 4.55. The zero-order valence-corrected chi connectivity index (χ0v) is 9.77. The Kier molecular flexibility index (Phi) is 7.71. The Hall–Kier alpha value is 0.0174. The smallest absolute Gasteiger partial charge is 1.00 e. The van der Waals surface area contributed by atoms with Crippen molar-refractivity contribution in [2.75, 3.05) is 0 Å². The van der Waals surface area contributed by atoms with Crippen LogP contribution in [0.4, 0.5) is 4.79 Å². The summed E-state index contributed by atoms with van der Waals surface area (Å²) in [4.78, 5) is 21.6. The maximum Gasteiger partial charge on any atom is 1.00 e. The summed E-state index contributed by atoms with van der Waals surface area (Å²) in [6, 6.07) is -0.814. The zero-order valence-electron chi connectivity index (χ0n) is 9.19. The van der Waals surface area contributed by atoms with E-state index in [0.29, 0.717) is 12.8 Å². The van der Waals surface area contributed by atoms with E-state index in [0.717, 1.165) is 0 Å². The van der Waals surface area contributed by atoms with Gasteiger partial charge >= 0.3 is 24.9 Å². The number of urea groups is 1. The number of nitrogens with one attached hydrogen (secondary N) is 1. The van der Waals surface area contributed by atoms with Crippen LogP contribution in [0.5, 0.6) is 0 Å². The van der Waals surface area contributed by atoms with Gasteiger partial charge in [-0.05, 0) is 12.8 Å². The minimum absolute atomic E-state index is 0. The Labute approximate surface area is 99.8 Å². The number of nitrogens with two attached hydrogens (primary N) is 1. The Balaban J connectivity index is -0.000000605. The van der Waals surface area contributed by atoms with E-state index < -0.39 is 10.4 Å². The molecule has 0 aliphatic rings. The second kappa shape index (κ2) is 6.47. The maximum atomic E-state index is 11.3. The molecule has 0 aromatic carbocycles. The normalized spacial score (nSPS) is 10.1. The molecule has 0 spiro atoms. The van der Waals surface area contributed by atoms with E-state index in [1.807, 2.05) is 19.2 Å². The third-order valence-electron chi connectivity index (χ3n) is 1.76. The molecule has 72 valence electrons. The van der Waals surface area contributed by atoms with Crippen molar-refractivity contribution in [3.63, 3.8) is 0 Å². The Bertz CT molecular complexity index is 200. The van der Waals surface area contributed by atoms with Gasteiger partial charge in [-0.25, -0.2) is 4.79 Å². The van der Waals surface area contributed by atoms with Crippen LogP contribution < -0.4 is 29.9 Å². The Morgan fingerprint density at radius 2 is 1.85 bits per heavy atom. The summed E-state index contributed by atoms with van der Waals surface area (Å²) in [5, 5.41) is 2.04. The first-order valence-electron chi connectivity index (χ1n) is 3.76. The van der Waals surface area contributed by atoms with Crippen LogP contribution in [-0.4, -0.2) is 16.3 Å². The molecule has 0 fully saturated rings. The third kappa shape index (κ3) is 4.70. The minimum Gasteiger partial charge on any atom is -1.00 e. The van der Waals surface area contributed by atoms with Crippen LogP contribution in [-0.2, 0) is 4.79 Å². The second-order valence-electron chi connectivity index (χ2n) is 2.49. The predicted octanol–water partition coefficient (Wildman–Crippen LogP) is -1.75. The molecule has 3 amide bonds. The van der Waals surface area contributed by atoms with Gasteiger partial charge in [0, 0.05) is 0 Å². The molecule has 0 saturated carbocycles. The summed E-state index contributed by atoms with van der Waals surface area (Å²) in [6.07, 6.45) is 1.23. The topological polar surface area (TPSA) is 72.2 Å². The third-order valence-corrected chi connectivity index (χ3v) is 3.25. The van der Waals surface area contributed by atoms with E-state index in [9.17, 15) is 9.59 Å². The van der Waals surface area contributed by atoms with E-state index in [1.54, 1.807) is 0 Å². The van der Waals surface area contributed by atoms with Crippen LogP contribution in [0.1, 0.15) is 28.1 Å². The summed E-state index contributed by atoms with van der Waals surface area (Å²) in [5.41, 5.74) is 4.81. The largest absolute Gasteiger partial charge is 1.00 e. The standard InChI is InChI=1S/C7H13BrN2O2.Li.H/c1-3-7(8,4-2)5(11)10-6(9)12;;/h3-4H2,1-2H3,(H3,9,10,11,12);;/q;+1;-1. The van der Waals surface area contributed by atoms with Crippen molar-refractivity contribution < 1.29 is 29.9 Å². The van der Waals surface area contributed by atoms with E-state index in [-0.39, 0.29) is 26.2 Å². The van der Waals surface area contributed by atoms with Gasteiger partial charge in [0.05, 0.1) is 0 Å². The van der Waals surface area contributed by atoms with E-state index in [1.165, 1.54) is 0 Å². The molecule has 0 radical (unpaired) electrons. The molecule has 6 heteroatoms. The second-order valence-corrected chi connectivity index (χ2v) is 4.01. The Morgan fingerprint density at radius 3 is 2.08 bits per heavy atom. The average molecular weight is 245 g/mol. The number of amides is 3. The predicted molar refractivity (Wildman–Crippen MR) is 51.1 cm³/mol. The van der Waals surface area contributed by atoms with Crippen LogP contribution in [0.15, 0.2) is 0 Å². The quantitative estimate of drug-likeness (QED) is 0.457. The number of primary amides is 1. The minimum atomic E-state index is -0.814. The Morgan fingerprint density at radius 1 is 1.46 bits per heavy atom. The average Bonchev–Trinajstić information content (AvgIpc) is 2.02. The molecule has 0 rings (SSSR count). The van der Waals surface area contributed by atoms with E-state index in [2.05, 4.69) is 15.9 Å².